The van der Waals surface area contributed by atoms with Gasteiger partial charge < -0.3 is 20.1 Å². The molecule has 30 heavy (non-hydrogen) atoms. The highest BCUT2D eigenvalue weighted by molar-refractivity contribution is 6.33. The summed E-state index contributed by atoms with van der Waals surface area (Å²) < 4.78 is 5.34. The number of carboxylic acids is 1. The second kappa shape index (κ2) is 11.0. The van der Waals surface area contributed by atoms with Gasteiger partial charge in [0.15, 0.2) is 6.61 Å². The standard InChI is InChI=1S/C20H24ClNO8/c1-11-5-3-2-4-6-12(22-29-10-17(26)27)7-13(23)8-14-18(20(28)30-11)15(24)9-16(25)19(14)21/h2-3,9,11-12,22,24-25H,4-8,10H2,1H3,(H,26,27)/b3-2+. The number of ether oxygens (including phenoxy) is 1. The number of aromatic hydroxyl groups is 2. The number of hydrogen-bond donors (Lipinski definition) is 4. The molecule has 0 bridgehead atoms. The van der Waals surface area contributed by atoms with E-state index in [1.54, 1.807) is 6.92 Å². The smallest absolute Gasteiger partial charge is 0.342 e. The van der Waals surface area contributed by atoms with Crippen LogP contribution in [-0.4, -0.2) is 51.8 Å². The van der Waals surface area contributed by atoms with Crippen LogP contribution in [0.2, 0.25) is 5.02 Å². The van der Waals surface area contributed by atoms with Crippen LogP contribution in [0.15, 0.2) is 18.2 Å². The van der Waals surface area contributed by atoms with Gasteiger partial charge in [-0.15, -0.1) is 0 Å². The summed E-state index contributed by atoms with van der Waals surface area (Å²) in [5.74, 6) is -3.38. The van der Waals surface area contributed by atoms with Gasteiger partial charge in [-0.1, -0.05) is 23.8 Å². The third kappa shape index (κ3) is 6.72. The minimum Gasteiger partial charge on any atom is -0.507 e. The molecule has 164 valence electrons. The van der Waals surface area contributed by atoms with Gasteiger partial charge in [0, 0.05) is 36.9 Å². The average Bonchev–Trinajstić information content (AvgIpc) is 2.64. The Morgan fingerprint density at radius 3 is 2.73 bits per heavy atom. The molecule has 0 saturated heterocycles. The van der Waals surface area contributed by atoms with Gasteiger partial charge in [0.1, 0.15) is 28.9 Å². The number of fused-ring (bicyclic) bond motifs is 1. The summed E-state index contributed by atoms with van der Waals surface area (Å²) in [5.41, 5.74) is 2.28. The van der Waals surface area contributed by atoms with E-state index in [2.05, 4.69) is 5.48 Å². The number of benzene rings is 1. The topological polar surface area (TPSA) is 142 Å². The number of carboxylic acid groups (broad SMARTS) is 1. The lowest BCUT2D eigenvalue weighted by Crippen LogP contribution is -2.33. The van der Waals surface area contributed by atoms with Crippen molar-refractivity contribution in [1.29, 1.82) is 0 Å². The van der Waals surface area contributed by atoms with Crippen molar-refractivity contribution in [3.05, 3.63) is 34.4 Å². The van der Waals surface area contributed by atoms with Crippen molar-refractivity contribution in [1.82, 2.24) is 5.48 Å². The number of esters is 1. The summed E-state index contributed by atoms with van der Waals surface area (Å²) in [6.07, 6.45) is 4.30. The first-order chi connectivity index (χ1) is 14.2. The van der Waals surface area contributed by atoms with Gasteiger partial charge >= 0.3 is 11.9 Å². The molecule has 0 radical (unpaired) electrons. The van der Waals surface area contributed by atoms with Crippen LogP contribution >= 0.6 is 11.6 Å². The van der Waals surface area contributed by atoms with Crippen molar-refractivity contribution < 1.29 is 39.3 Å². The molecule has 0 aliphatic carbocycles. The van der Waals surface area contributed by atoms with Gasteiger partial charge in [-0.25, -0.2) is 9.59 Å². The van der Waals surface area contributed by atoms with Gasteiger partial charge in [0.2, 0.25) is 0 Å². The Labute approximate surface area is 178 Å². The summed E-state index contributed by atoms with van der Waals surface area (Å²) in [6, 6.07) is 0.437. The minimum absolute atomic E-state index is 0.0332. The Hall–Kier alpha value is -2.62. The van der Waals surface area contributed by atoms with Gasteiger partial charge in [-0.2, -0.15) is 5.48 Å². The SMILES string of the molecule is CC1C/C=C/CCC(NOCC(=O)O)CC(=O)Cc2c(Cl)c(O)cc(O)c2C(=O)O1. The normalized spacial score (nSPS) is 21.9. The van der Waals surface area contributed by atoms with Crippen molar-refractivity contribution in [2.75, 3.05) is 6.61 Å². The zero-order valence-electron chi connectivity index (χ0n) is 16.4. The first kappa shape index (κ1) is 23.7. The van der Waals surface area contributed by atoms with Crippen LogP contribution in [0.5, 0.6) is 11.5 Å². The highest BCUT2D eigenvalue weighted by Crippen LogP contribution is 2.37. The molecule has 10 heteroatoms. The van der Waals surface area contributed by atoms with Gasteiger partial charge in [0.05, 0.1) is 5.02 Å². The Morgan fingerprint density at radius 2 is 2.03 bits per heavy atom. The highest BCUT2D eigenvalue weighted by Gasteiger charge is 2.27. The van der Waals surface area contributed by atoms with Crippen molar-refractivity contribution in [2.24, 2.45) is 0 Å². The number of cyclic esters (lactones) is 1. The van der Waals surface area contributed by atoms with E-state index in [0.717, 1.165) is 6.07 Å². The average molecular weight is 442 g/mol. The van der Waals surface area contributed by atoms with Crippen molar-refractivity contribution in [3.63, 3.8) is 0 Å². The Kier molecular flexibility index (Phi) is 8.64. The molecular formula is C20H24ClNO8. The van der Waals surface area contributed by atoms with E-state index >= 15 is 0 Å². The first-order valence-corrected chi connectivity index (χ1v) is 9.76. The zero-order chi connectivity index (χ0) is 22.3. The number of carbonyl (C=O) groups is 3. The largest absolute Gasteiger partial charge is 0.507 e. The Bertz CT molecular complexity index is 839. The lowest BCUT2D eigenvalue weighted by Gasteiger charge is -2.19. The number of allylic oxidation sites excluding steroid dienone is 1. The maximum absolute atomic E-state index is 12.7. The number of phenolic OH excluding ortho intramolecular Hbond substituents is 2. The monoisotopic (exact) mass is 441 g/mol. The van der Waals surface area contributed by atoms with Crippen molar-refractivity contribution >= 4 is 29.3 Å². The molecule has 2 atom stereocenters. The predicted octanol–water partition coefficient (Wildman–Crippen LogP) is 2.51. The Morgan fingerprint density at radius 1 is 1.30 bits per heavy atom. The number of rotatable bonds is 4. The number of phenols is 2. The molecule has 1 aromatic rings. The number of nitrogens with one attached hydrogen (secondary N) is 1. The molecule has 1 aliphatic rings. The Balaban J connectivity index is 2.34. The van der Waals surface area contributed by atoms with Gasteiger partial charge in [-0.3, -0.25) is 9.63 Å². The molecule has 0 spiro atoms. The molecular weight excluding hydrogens is 418 g/mol. The van der Waals surface area contributed by atoms with Crippen LogP contribution in [0, 0.1) is 0 Å². The van der Waals surface area contributed by atoms with E-state index in [0.29, 0.717) is 19.3 Å². The molecule has 0 aromatic heterocycles. The molecule has 0 amide bonds. The predicted molar refractivity (Wildman–Crippen MR) is 106 cm³/mol. The molecule has 2 unspecified atom stereocenters. The van der Waals surface area contributed by atoms with Crippen LogP contribution in [0.25, 0.3) is 0 Å². The van der Waals surface area contributed by atoms with Crippen LogP contribution < -0.4 is 5.48 Å². The van der Waals surface area contributed by atoms with E-state index in [9.17, 15) is 24.6 Å². The number of carbonyl (C=O) groups excluding carboxylic acids is 2. The quantitative estimate of drug-likeness (QED) is 0.315. The van der Waals surface area contributed by atoms with Gasteiger partial charge in [-0.05, 0) is 19.8 Å². The van der Waals surface area contributed by atoms with Crippen LogP contribution in [0.1, 0.15) is 48.5 Å². The second-order valence-corrected chi connectivity index (χ2v) is 7.38. The lowest BCUT2D eigenvalue weighted by atomic mass is 9.96. The summed E-state index contributed by atoms with van der Waals surface area (Å²) in [6.45, 7) is 1.11. The van der Waals surface area contributed by atoms with Crippen LogP contribution in [0.4, 0.5) is 0 Å². The van der Waals surface area contributed by atoms with Crippen molar-refractivity contribution in [2.45, 2.75) is 51.2 Å². The third-order valence-electron chi connectivity index (χ3n) is 4.44. The van der Waals surface area contributed by atoms with Crippen LogP contribution in [0.3, 0.4) is 0 Å². The number of Topliss-reactive ketones (excluding diaryl/α,β-unsaturated/α-hetero) is 1. The maximum Gasteiger partial charge on any atom is 0.342 e. The third-order valence-corrected chi connectivity index (χ3v) is 4.87. The fraction of sp³-hybridized carbons (Fsp3) is 0.450. The molecule has 9 nitrogen and oxygen atoms in total. The van der Waals surface area contributed by atoms with Crippen molar-refractivity contribution in [3.8, 4) is 11.5 Å². The fourth-order valence-corrected chi connectivity index (χ4v) is 3.25. The molecule has 4 N–H and O–H groups in total. The second-order valence-electron chi connectivity index (χ2n) is 7.00. The number of halogens is 1. The maximum atomic E-state index is 12.7. The van der Waals surface area contributed by atoms with Gasteiger partial charge in [0.25, 0.3) is 0 Å². The molecule has 2 rings (SSSR count). The molecule has 1 aromatic carbocycles. The number of hydrogen-bond acceptors (Lipinski definition) is 8. The highest BCUT2D eigenvalue weighted by atomic mass is 35.5. The minimum atomic E-state index is -1.16. The zero-order valence-corrected chi connectivity index (χ0v) is 17.1. The number of aliphatic carboxylic acids is 1. The van der Waals surface area contributed by atoms with E-state index in [1.807, 2.05) is 12.2 Å². The number of hydroxylamine groups is 1. The van der Waals surface area contributed by atoms with Crippen LogP contribution in [-0.2, 0) is 25.6 Å². The molecule has 0 saturated carbocycles. The fourth-order valence-electron chi connectivity index (χ4n) is 3.04. The summed E-state index contributed by atoms with van der Waals surface area (Å²) in [4.78, 5) is 40.8. The molecule has 0 fully saturated rings. The van der Waals surface area contributed by atoms with E-state index in [1.165, 1.54) is 0 Å². The molecule has 1 aliphatic heterocycles. The summed E-state index contributed by atoms with van der Waals surface area (Å²) >= 11 is 6.12. The lowest BCUT2D eigenvalue weighted by molar-refractivity contribution is -0.146. The first-order valence-electron chi connectivity index (χ1n) is 9.39. The molecule has 1 heterocycles. The summed E-state index contributed by atoms with van der Waals surface area (Å²) in [7, 11) is 0. The van der Waals surface area contributed by atoms with E-state index in [-0.39, 0.29) is 34.8 Å². The van der Waals surface area contributed by atoms with E-state index < -0.39 is 42.2 Å². The summed E-state index contributed by atoms with van der Waals surface area (Å²) in [5, 5.41) is 28.6. The van der Waals surface area contributed by atoms with E-state index in [4.69, 9.17) is 26.3 Å². The number of ketones is 1.